The van der Waals surface area contributed by atoms with Gasteiger partial charge in [0.05, 0.1) is 12.1 Å². The number of aliphatic hydroxyl groups excluding tert-OH is 1. The molecule has 1 aromatic rings. The Morgan fingerprint density at radius 2 is 2.23 bits per heavy atom. The SMILES string of the molecule is C[C@](N)(CO)c1cc(Br)ccc1Cl. The zero-order valence-electron chi connectivity index (χ0n) is 7.22. The molecule has 0 fully saturated rings. The number of aliphatic hydroxyl groups is 1. The normalized spacial score (nSPS) is 15.5. The van der Waals surface area contributed by atoms with Crippen molar-refractivity contribution in [2.75, 3.05) is 6.61 Å². The van der Waals surface area contributed by atoms with Gasteiger partial charge in [-0.25, -0.2) is 0 Å². The first-order valence-electron chi connectivity index (χ1n) is 3.82. The van der Waals surface area contributed by atoms with Gasteiger partial charge in [0.25, 0.3) is 0 Å². The molecular weight excluding hydrogens is 253 g/mol. The minimum absolute atomic E-state index is 0.136. The van der Waals surface area contributed by atoms with E-state index >= 15 is 0 Å². The number of halogens is 2. The topological polar surface area (TPSA) is 46.2 Å². The number of hydrogen-bond donors (Lipinski definition) is 2. The molecule has 0 aliphatic rings. The van der Waals surface area contributed by atoms with E-state index in [1.54, 1.807) is 13.0 Å². The van der Waals surface area contributed by atoms with Crippen molar-refractivity contribution in [1.82, 2.24) is 0 Å². The Hall–Kier alpha value is -0.0900. The summed E-state index contributed by atoms with van der Waals surface area (Å²) in [5.41, 5.74) is 5.80. The molecule has 0 aliphatic heterocycles. The number of nitrogens with two attached hydrogens (primary N) is 1. The monoisotopic (exact) mass is 263 g/mol. The van der Waals surface area contributed by atoms with Gasteiger partial charge in [-0.1, -0.05) is 27.5 Å². The highest BCUT2D eigenvalue weighted by Gasteiger charge is 2.22. The van der Waals surface area contributed by atoms with E-state index in [1.165, 1.54) is 0 Å². The Bertz CT molecular complexity index is 314. The van der Waals surface area contributed by atoms with E-state index in [2.05, 4.69) is 15.9 Å². The predicted molar refractivity (Wildman–Crippen MR) is 57.8 cm³/mol. The van der Waals surface area contributed by atoms with Crippen LogP contribution < -0.4 is 5.73 Å². The van der Waals surface area contributed by atoms with Crippen LogP contribution in [0.5, 0.6) is 0 Å². The van der Waals surface area contributed by atoms with Crippen LogP contribution in [-0.2, 0) is 5.54 Å². The van der Waals surface area contributed by atoms with Crippen LogP contribution in [-0.4, -0.2) is 11.7 Å². The number of rotatable bonds is 2. The lowest BCUT2D eigenvalue weighted by molar-refractivity contribution is 0.210. The van der Waals surface area contributed by atoms with Crippen LogP contribution in [0.4, 0.5) is 0 Å². The maximum Gasteiger partial charge on any atom is 0.0651 e. The third kappa shape index (κ3) is 2.44. The van der Waals surface area contributed by atoms with E-state index in [1.807, 2.05) is 12.1 Å². The maximum atomic E-state index is 9.06. The standard InChI is InChI=1S/C9H11BrClNO/c1-9(12,5-13)7-4-6(10)2-3-8(7)11/h2-4,13H,5,12H2,1H3/t9-/m0/s1. The van der Waals surface area contributed by atoms with Gasteiger partial charge in [-0.05, 0) is 30.7 Å². The minimum atomic E-state index is -0.791. The molecule has 0 heterocycles. The van der Waals surface area contributed by atoms with Crippen molar-refractivity contribution in [2.24, 2.45) is 5.73 Å². The Labute approximate surface area is 90.8 Å². The average molecular weight is 265 g/mol. The fourth-order valence-corrected chi connectivity index (χ4v) is 1.71. The molecule has 0 saturated heterocycles. The fourth-order valence-electron chi connectivity index (χ4n) is 1.02. The second-order valence-corrected chi connectivity index (χ2v) is 4.52. The lowest BCUT2D eigenvalue weighted by atomic mass is 9.94. The molecule has 0 bridgehead atoms. The average Bonchev–Trinajstić information content (AvgIpc) is 2.09. The molecule has 1 aromatic carbocycles. The van der Waals surface area contributed by atoms with E-state index in [0.29, 0.717) is 5.02 Å². The molecule has 0 saturated carbocycles. The highest BCUT2D eigenvalue weighted by atomic mass is 79.9. The Kier molecular flexibility index (Phi) is 3.35. The quantitative estimate of drug-likeness (QED) is 0.861. The lowest BCUT2D eigenvalue weighted by Crippen LogP contribution is -2.37. The maximum absolute atomic E-state index is 9.06. The van der Waals surface area contributed by atoms with Gasteiger partial charge < -0.3 is 10.8 Å². The summed E-state index contributed by atoms with van der Waals surface area (Å²) in [6, 6.07) is 5.40. The Balaban J connectivity index is 3.20. The van der Waals surface area contributed by atoms with Gasteiger partial charge in [0.15, 0.2) is 0 Å². The van der Waals surface area contributed by atoms with Gasteiger partial charge in [-0.3, -0.25) is 0 Å². The largest absolute Gasteiger partial charge is 0.394 e. The van der Waals surface area contributed by atoms with Crippen LogP contribution in [0.2, 0.25) is 5.02 Å². The first-order valence-corrected chi connectivity index (χ1v) is 5.00. The van der Waals surface area contributed by atoms with Crippen LogP contribution in [0.3, 0.4) is 0 Å². The summed E-state index contributed by atoms with van der Waals surface area (Å²) in [4.78, 5) is 0. The van der Waals surface area contributed by atoms with Crippen LogP contribution >= 0.6 is 27.5 Å². The molecule has 0 amide bonds. The van der Waals surface area contributed by atoms with Crippen LogP contribution in [0.15, 0.2) is 22.7 Å². The van der Waals surface area contributed by atoms with E-state index in [0.717, 1.165) is 10.0 Å². The van der Waals surface area contributed by atoms with Crippen LogP contribution in [0.1, 0.15) is 12.5 Å². The van der Waals surface area contributed by atoms with E-state index in [-0.39, 0.29) is 6.61 Å². The molecule has 1 rings (SSSR count). The van der Waals surface area contributed by atoms with Gasteiger partial charge >= 0.3 is 0 Å². The summed E-state index contributed by atoms with van der Waals surface area (Å²) in [6.07, 6.45) is 0. The summed E-state index contributed by atoms with van der Waals surface area (Å²) in [5.74, 6) is 0. The van der Waals surface area contributed by atoms with E-state index < -0.39 is 5.54 Å². The van der Waals surface area contributed by atoms with Crippen molar-refractivity contribution in [3.05, 3.63) is 33.3 Å². The van der Waals surface area contributed by atoms with Crippen molar-refractivity contribution in [2.45, 2.75) is 12.5 Å². The summed E-state index contributed by atoms with van der Waals surface area (Å²) < 4.78 is 0.900. The van der Waals surface area contributed by atoms with Crippen molar-refractivity contribution in [3.8, 4) is 0 Å². The predicted octanol–water partition coefficient (Wildman–Crippen LogP) is 2.27. The van der Waals surface area contributed by atoms with Crippen molar-refractivity contribution >= 4 is 27.5 Å². The molecule has 13 heavy (non-hydrogen) atoms. The molecule has 0 aromatic heterocycles. The Morgan fingerprint density at radius 3 is 2.77 bits per heavy atom. The molecule has 0 radical (unpaired) electrons. The van der Waals surface area contributed by atoms with Gasteiger partial charge in [0, 0.05) is 9.50 Å². The van der Waals surface area contributed by atoms with E-state index in [9.17, 15) is 0 Å². The zero-order chi connectivity index (χ0) is 10.1. The molecule has 3 N–H and O–H groups in total. The molecule has 0 aliphatic carbocycles. The highest BCUT2D eigenvalue weighted by molar-refractivity contribution is 9.10. The fraction of sp³-hybridized carbons (Fsp3) is 0.333. The first kappa shape index (κ1) is 11.0. The molecule has 2 nitrogen and oxygen atoms in total. The Morgan fingerprint density at radius 1 is 1.62 bits per heavy atom. The van der Waals surface area contributed by atoms with Gasteiger partial charge in [0.2, 0.25) is 0 Å². The molecule has 4 heteroatoms. The zero-order valence-corrected chi connectivity index (χ0v) is 9.56. The molecule has 1 atom stereocenters. The van der Waals surface area contributed by atoms with E-state index in [4.69, 9.17) is 22.4 Å². The van der Waals surface area contributed by atoms with Crippen LogP contribution in [0, 0.1) is 0 Å². The number of hydrogen-bond acceptors (Lipinski definition) is 2. The van der Waals surface area contributed by atoms with Crippen molar-refractivity contribution in [3.63, 3.8) is 0 Å². The van der Waals surface area contributed by atoms with Gasteiger partial charge in [-0.15, -0.1) is 0 Å². The van der Waals surface area contributed by atoms with Crippen LogP contribution in [0.25, 0.3) is 0 Å². The van der Waals surface area contributed by atoms with Gasteiger partial charge in [0.1, 0.15) is 0 Å². The molecular formula is C9H11BrClNO. The second-order valence-electron chi connectivity index (χ2n) is 3.20. The molecule has 72 valence electrons. The summed E-state index contributed by atoms with van der Waals surface area (Å²) in [7, 11) is 0. The summed E-state index contributed by atoms with van der Waals surface area (Å²) in [6.45, 7) is 1.60. The summed E-state index contributed by atoms with van der Waals surface area (Å²) >= 11 is 9.27. The summed E-state index contributed by atoms with van der Waals surface area (Å²) in [5, 5.41) is 9.64. The first-order chi connectivity index (χ1) is 5.97. The van der Waals surface area contributed by atoms with Gasteiger partial charge in [-0.2, -0.15) is 0 Å². The lowest BCUT2D eigenvalue weighted by Gasteiger charge is -2.23. The smallest absolute Gasteiger partial charge is 0.0651 e. The molecule has 0 unspecified atom stereocenters. The highest BCUT2D eigenvalue weighted by Crippen LogP contribution is 2.28. The molecule has 0 spiro atoms. The number of benzene rings is 1. The second kappa shape index (κ2) is 3.96. The van der Waals surface area contributed by atoms with Crippen molar-refractivity contribution in [1.29, 1.82) is 0 Å². The third-order valence-corrected chi connectivity index (χ3v) is 2.69. The minimum Gasteiger partial charge on any atom is -0.394 e. The third-order valence-electron chi connectivity index (χ3n) is 1.87. The van der Waals surface area contributed by atoms with Crippen molar-refractivity contribution < 1.29 is 5.11 Å².